The van der Waals surface area contributed by atoms with Crippen molar-refractivity contribution in [2.75, 3.05) is 33.2 Å². The Labute approximate surface area is 171 Å². The summed E-state index contributed by atoms with van der Waals surface area (Å²) in [4.78, 5) is 11.1. The minimum absolute atomic E-state index is 0.103. The summed E-state index contributed by atoms with van der Waals surface area (Å²) in [7, 11) is 1.80. The molecule has 1 aliphatic heterocycles. The molecule has 5 nitrogen and oxygen atoms in total. The Morgan fingerprint density at radius 2 is 2.07 bits per heavy atom. The molecule has 2 aromatic rings. The Balaban J connectivity index is 1.34. The van der Waals surface area contributed by atoms with Gasteiger partial charge in [-0.2, -0.15) is 0 Å². The van der Waals surface area contributed by atoms with Crippen LogP contribution in [0.25, 0.3) is 0 Å². The Kier molecular flexibility index (Phi) is 7.80. The van der Waals surface area contributed by atoms with Gasteiger partial charge in [0.05, 0.1) is 10.7 Å². The van der Waals surface area contributed by atoms with Crippen LogP contribution in [0.15, 0.2) is 34.6 Å². The van der Waals surface area contributed by atoms with Gasteiger partial charge in [0, 0.05) is 44.0 Å². The van der Waals surface area contributed by atoms with Crippen LogP contribution in [0.3, 0.4) is 0 Å². The van der Waals surface area contributed by atoms with Crippen molar-refractivity contribution >= 4 is 17.3 Å². The average Bonchev–Trinajstić information content (AvgIpc) is 3.12. The fourth-order valence-electron chi connectivity index (χ4n) is 3.51. The molecule has 0 saturated carbocycles. The van der Waals surface area contributed by atoms with Crippen molar-refractivity contribution in [2.24, 2.45) is 10.9 Å². The van der Waals surface area contributed by atoms with E-state index in [4.69, 9.17) is 0 Å². The quantitative estimate of drug-likeness (QED) is 0.551. The summed E-state index contributed by atoms with van der Waals surface area (Å²) in [5, 5.41) is 10.0. The summed E-state index contributed by atoms with van der Waals surface area (Å²) in [6.07, 6.45) is 3.15. The number of aliphatic imine (C=N–C) groups is 1. The Morgan fingerprint density at radius 3 is 2.75 bits per heavy atom. The molecule has 0 aliphatic carbocycles. The molecule has 0 amide bonds. The number of aryl methyl sites for hydroxylation is 1. The first-order valence-electron chi connectivity index (χ1n) is 9.95. The van der Waals surface area contributed by atoms with Gasteiger partial charge in [0.2, 0.25) is 0 Å². The molecule has 7 heteroatoms. The van der Waals surface area contributed by atoms with Crippen molar-refractivity contribution in [1.29, 1.82) is 0 Å². The number of halogens is 1. The first kappa shape index (κ1) is 20.7. The minimum atomic E-state index is -0.103. The second-order valence-corrected chi connectivity index (χ2v) is 8.36. The molecule has 1 fully saturated rings. The first-order chi connectivity index (χ1) is 13.6. The lowest BCUT2D eigenvalue weighted by Gasteiger charge is -2.32. The predicted molar refractivity (Wildman–Crippen MR) is 114 cm³/mol. The van der Waals surface area contributed by atoms with E-state index in [1.807, 2.05) is 19.1 Å². The van der Waals surface area contributed by atoms with Crippen LogP contribution < -0.4 is 10.6 Å². The second kappa shape index (κ2) is 10.5. The molecule has 2 heterocycles. The number of guanidine groups is 1. The third-order valence-corrected chi connectivity index (χ3v) is 6.00. The zero-order valence-corrected chi connectivity index (χ0v) is 17.6. The number of nitrogens with one attached hydrogen (secondary N) is 2. The Morgan fingerprint density at radius 1 is 1.29 bits per heavy atom. The standard InChI is InChI=1S/C21H30FN5S/c1-16-26-19(15-28-16)7-10-24-21(23-2)25-13-17-8-11-27(12-9-17)14-18-5-3-4-6-20(18)22/h3-6,15,17H,7-14H2,1-2H3,(H2,23,24,25). The number of aromatic nitrogens is 1. The number of thiazole rings is 1. The SMILES string of the molecule is CN=C(NCCc1csc(C)n1)NCC1CCN(Cc2ccccc2F)CC1. The lowest BCUT2D eigenvalue weighted by Crippen LogP contribution is -2.43. The van der Waals surface area contributed by atoms with E-state index < -0.39 is 0 Å². The lowest BCUT2D eigenvalue weighted by atomic mass is 9.96. The number of rotatable bonds is 7. The topological polar surface area (TPSA) is 52.6 Å². The highest BCUT2D eigenvalue weighted by atomic mass is 32.1. The summed E-state index contributed by atoms with van der Waals surface area (Å²) < 4.78 is 13.8. The number of nitrogens with zero attached hydrogens (tertiary/aromatic N) is 3. The maximum atomic E-state index is 13.8. The zero-order valence-electron chi connectivity index (χ0n) is 16.7. The van der Waals surface area contributed by atoms with Gasteiger partial charge in [-0.25, -0.2) is 9.37 Å². The average molecular weight is 404 g/mol. The first-order valence-corrected chi connectivity index (χ1v) is 10.8. The largest absolute Gasteiger partial charge is 0.356 e. The number of likely N-dealkylation sites (tertiary alicyclic amines) is 1. The summed E-state index contributed by atoms with van der Waals surface area (Å²) in [6.45, 7) is 6.49. The molecule has 0 bridgehead atoms. The molecule has 1 aliphatic rings. The minimum Gasteiger partial charge on any atom is -0.356 e. The number of piperidine rings is 1. The molecule has 0 unspecified atom stereocenters. The lowest BCUT2D eigenvalue weighted by molar-refractivity contribution is 0.176. The van der Waals surface area contributed by atoms with Gasteiger partial charge in [0.25, 0.3) is 0 Å². The van der Waals surface area contributed by atoms with Crippen molar-refractivity contribution in [3.8, 4) is 0 Å². The van der Waals surface area contributed by atoms with Crippen LogP contribution in [-0.2, 0) is 13.0 Å². The molecule has 2 N–H and O–H groups in total. The number of hydrogen-bond acceptors (Lipinski definition) is 4. The highest BCUT2D eigenvalue weighted by Crippen LogP contribution is 2.19. The second-order valence-electron chi connectivity index (χ2n) is 7.30. The van der Waals surface area contributed by atoms with Crippen molar-refractivity contribution in [1.82, 2.24) is 20.5 Å². The summed E-state index contributed by atoms with van der Waals surface area (Å²) in [6, 6.07) is 7.07. The monoisotopic (exact) mass is 403 g/mol. The number of hydrogen-bond donors (Lipinski definition) is 2. The van der Waals surface area contributed by atoms with E-state index in [9.17, 15) is 4.39 Å². The summed E-state index contributed by atoms with van der Waals surface area (Å²) >= 11 is 1.69. The molecule has 152 valence electrons. The van der Waals surface area contributed by atoms with Crippen LogP contribution in [0.4, 0.5) is 4.39 Å². The van der Waals surface area contributed by atoms with Gasteiger partial charge in [0.1, 0.15) is 5.82 Å². The summed E-state index contributed by atoms with van der Waals surface area (Å²) in [5.74, 6) is 1.37. The third-order valence-electron chi connectivity index (χ3n) is 5.18. The molecule has 3 rings (SSSR count). The van der Waals surface area contributed by atoms with Crippen LogP contribution >= 0.6 is 11.3 Å². The molecule has 1 aromatic heterocycles. The van der Waals surface area contributed by atoms with Crippen LogP contribution in [-0.4, -0.2) is 49.1 Å². The molecule has 0 radical (unpaired) electrons. The summed E-state index contributed by atoms with van der Waals surface area (Å²) in [5.41, 5.74) is 1.92. The van der Waals surface area contributed by atoms with Crippen molar-refractivity contribution in [3.05, 3.63) is 51.7 Å². The van der Waals surface area contributed by atoms with E-state index in [-0.39, 0.29) is 5.82 Å². The Hall–Kier alpha value is -1.99. The van der Waals surface area contributed by atoms with E-state index in [2.05, 4.69) is 30.9 Å². The van der Waals surface area contributed by atoms with Crippen molar-refractivity contribution in [2.45, 2.75) is 32.7 Å². The highest BCUT2D eigenvalue weighted by molar-refractivity contribution is 7.09. The van der Waals surface area contributed by atoms with E-state index in [0.29, 0.717) is 12.5 Å². The van der Waals surface area contributed by atoms with Crippen LogP contribution in [0.5, 0.6) is 0 Å². The van der Waals surface area contributed by atoms with Crippen molar-refractivity contribution < 1.29 is 4.39 Å². The fourth-order valence-corrected chi connectivity index (χ4v) is 4.16. The van der Waals surface area contributed by atoms with Crippen LogP contribution in [0, 0.1) is 18.7 Å². The molecule has 28 heavy (non-hydrogen) atoms. The number of benzene rings is 1. The van der Waals surface area contributed by atoms with Crippen LogP contribution in [0.2, 0.25) is 0 Å². The predicted octanol–water partition coefficient (Wildman–Crippen LogP) is 3.21. The molecule has 1 aromatic carbocycles. The van der Waals surface area contributed by atoms with Gasteiger partial charge in [-0.3, -0.25) is 9.89 Å². The van der Waals surface area contributed by atoms with E-state index >= 15 is 0 Å². The smallest absolute Gasteiger partial charge is 0.190 e. The van der Waals surface area contributed by atoms with Gasteiger partial charge in [-0.15, -0.1) is 11.3 Å². The highest BCUT2D eigenvalue weighted by Gasteiger charge is 2.20. The van der Waals surface area contributed by atoms with Crippen LogP contribution in [0.1, 0.15) is 29.1 Å². The van der Waals surface area contributed by atoms with Gasteiger partial charge in [-0.1, -0.05) is 18.2 Å². The normalized spacial score (nSPS) is 16.3. The maximum Gasteiger partial charge on any atom is 0.190 e. The van der Waals surface area contributed by atoms with Gasteiger partial charge >= 0.3 is 0 Å². The van der Waals surface area contributed by atoms with Crippen molar-refractivity contribution in [3.63, 3.8) is 0 Å². The Bertz CT molecular complexity index is 768. The maximum absolute atomic E-state index is 13.8. The molecule has 0 spiro atoms. The molecule has 0 atom stereocenters. The zero-order chi connectivity index (χ0) is 19.8. The van der Waals surface area contributed by atoms with Gasteiger partial charge in [-0.05, 0) is 44.8 Å². The van der Waals surface area contributed by atoms with E-state index in [1.54, 1.807) is 30.5 Å². The molecular formula is C21H30FN5S. The van der Waals surface area contributed by atoms with E-state index in [1.165, 1.54) is 0 Å². The third kappa shape index (κ3) is 6.27. The van der Waals surface area contributed by atoms with Gasteiger partial charge in [0.15, 0.2) is 5.96 Å². The fraction of sp³-hybridized carbons (Fsp3) is 0.524. The van der Waals surface area contributed by atoms with Gasteiger partial charge < -0.3 is 10.6 Å². The molecular weight excluding hydrogens is 373 g/mol. The molecule has 1 saturated heterocycles. The van der Waals surface area contributed by atoms with E-state index in [0.717, 1.165) is 67.7 Å².